The van der Waals surface area contributed by atoms with Crippen LogP contribution in [0.1, 0.15) is 25.5 Å². The summed E-state index contributed by atoms with van der Waals surface area (Å²) in [6.07, 6.45) is 0. The summed E-state index contributed by atoms with van der Waals surface area (Å²) in [5, 5.41) is 15.8. The van der Waals surface area contributed by atoms with Crippen LogP contribution >= 0.6 is 11.6 Å². The molecule has 0 aliphatic heterocycles. The zero-order valence-corrected chi connectivity index (χ0v) is 14.5. The molecule has 6 nitrogen and oxygen atoms in total. The number of hydrogen-bond acceptors (Lipinski definition) is 3. The number of nitrogens with zero attached hydrogens (tertiary/aromatic N) is 1. The molecule has 2 aromatic rings. The number of nitro benzene ring substituents is 1. The Bertz CT molecular complexity index is 783. The van der Waals surface area contributed by atoms with E-state index < -0.39 is 22.5 Å². The smallest absolute Gasteiger partial charge is 0.306 e. The Morgan fingerprint density at radius 3 is 2.48 bits per heavy atom. The molecule has 0 aliphatic carbocycles. The van der Waals surface area contributed by atoms with E-state index in [1.54, 1.807) is 19.1 Å². The minimum atomic E-state index is -0.945. The van der Waals surface area contributed by atoms with Crippen LogP contribution in [0.15, 0.2) is 42.5 Å². The molecule has 25 heavy (non-hydrogen) atoms. The van der Waals surface area contributed by atoms with E-state index in [2.05, 4.69) is 5.32 Å². The van der Waals surface area contributed by atoms with Gasteiger partial charge in [0.2, 0.25) is 5.82 Å². The summed E-state index contributed by atoms with van der Waals surface area (Å²) in [6, 6.07) is 10.1. The van der Waals surface area contributed by atoms with Crippen molar-refractivity contribution < 1.29 is 19.4 Å². The third kappa shape index (κ3) is 4.98. The summed E-state index contributed by atoms with van der Waals surface area (Å²) < 4.78 is 13.3. The summed E-state index contributed by atoms with van der Waals surface area (Å²) in [7, 11) is 0. The topological polar surface area (TPSA) is 88.8 Å². The second-order valence-electron chi connectivity index (χ2n) is 5.73. The minimum Gasteiger partial charge on any atom is -0.330 e. The van der Waals surface area contributed by atoms with Crippen LogP contribution in [-0.4, -0.2) is 16.9 Å². The van der Waals surface area contributed by atoms with Crippen LogP contribution in [0.4, 0.5) is 15.8 Å². The van der Waals surface area contributed by atoms with E-state index in [9.17, 15) is 19.3 Å². The van der Waals surface area contributed by atoms with Gasteiger partial charge in [0.15, 0.2) is 6.04 Å². The van der Waals surface area contributed by atoms with Crippen LogP contribution in [0.2, 0.25) is 5.02 Å². The van der Waals surface area contributed by atoms with Gasteiger partial charge in [0.05, 0.1) is 4.92 Å². The quantitative estimate of drug-likeness (QED) is 0.608. The Morgan fingerprint density at radius 1 is 1.24 bits per heavy atom. The number of carbonyl (C=O) groups excluding carboxylic acids is 1. The molecular formula is C17H18ClFN3O3+. The Labute approximate surface area is 149 Å². The standard InChI is InChI=1S/C17H17ClFN3O3/c1-10(12-3-5-13(18)6-4-12)20-11(2)17(23)21-14-7-8-15(19)16(9-14)22(24)25/h3-11,20H,1-2H3,(H,21,23)/p+1/t10-,11-/m0/s1. The van der Waals surface area contributed by atoms with Gasteiger partial charge in [-0.3, -0.25) is 14.9 Å². The molecule has 3 N–H and O–H groups in total. The maximum atomic E-state index is 13.3. The van der Waals surface area contributed by atoms with Crippen molar-refractivity contribution in [1.82, 2.24) is 0 Å². The number of carbonyl (C=O) groups is 1. The number of amides is 1. The lowest BCUT2D eigenvalue weighted by Crippen LogP contribution is -2.91. The lowest BCUT2D eigenvalue weighted by Gasteiger charge is -2.17. The van der Waals surface area contributed by atoms with Crippen molar-refractivity contribution in [3.05, 3.63) is 69.0 Å². The van der Waals surface area contributed by atoms with E-state index in [1.165, 1.54) is 6.07 Å². The van der Waals surface area contributed by atoms with Crippen LogP contribution in [0.25, 0.3) is 0 Å². The van der Waals surface area contributed by atoms with Crippen LogP contribution in [0.3, 0.4) is 0 Å². The van der Waals surface area contributed by atoms with Crippen molar-refractivity contribution in [2.24, 2.45) is 0 Å². The van der Waals surface area contributed by atoms with Gasteiger partial charge in [0, 0.05) is 22.3 Å². The van der Waals surface area contributed by atoms with E-state index >= 15 is 0 Å². The number of rotatable bonds is 6. The molecule has 0 saturated carbocycles. The third-order valence-electron chi connectivity index (χ3n) is 3.80. The van der Waals surface area contributed by atoms with Crippen LogP contribution < -0.4 is 10.6 Å². The van der Waals surface area contributed by atoms with Crippen LogP contribution in [0, 0.1) is 15.9 Å². The molecule has 132 valence electrons. The Morgan fingerprint density at radius 2 is 1.88 bits per heavy atom. The van der Waals surface area contributed by atoms with Gasteiger partial charge in [-0.25, -0.2) is 0 Å². The minimum absolute atomic E-state index is 0.0144. The Hall–Kier alpha value is -2.51. The average molecular weight is 367 g/mol. The zero-order chi connectivity index (χ0) is 18.6. The first-order valence-corrected chi connectivity index (χ1v) is 8.01. The van der Waals surface area contributed by atoms with Gasteiger partial charge in [-0.05, 0) is 38.1 Å². The molecule has 1 amide bonds. The number of halogens is 2. The zero-order valence-electron chi connectivity index (χ0n) is 13.7. The maximum absolute atomic E-state index is 13.3. The van der Waals surface area contributed by atoms with E-state index in [1.807, 2.05) is 24.4 Å². The van der Waals surface area contributed by atoms with E-state index in [0.717, 1.165) is 17.7 Å². The maximum Gasteiger partial charge on any atom is 0.306 e. The highest BCUT2D eigenvalue weighted by Crippen LogP contribution is 2.21. The van der Waals surface area contributed by atoms with Gasteiger partial charge in [-0.15, -0.1) is 0 Å². The summed E-state index contributed by atoms with van der Waals surface area (Å²) >= 11 is 5.86. The van der Waals surface area contributed by atoms with Crippen LogP contribution in [-0.2, 0) is 4.79 Å². The van der Waals surface area contributed by atoms with Gasteiger partial charge < -0.3 is 10.6 Å². The number of quaternary nitrogens is 1. The van der Waals surface area contributed by atoms with Crippen molar-refractivity contribution >= 4 is 28.9 Å². The first kappa shape index (κ1) is 18.8. The van der Waals surface area contributed by atoms with Crippen molar-refractivity contribution in [3.63, 3.8) is 0 Å². The lowest BCUT2D eigenvalue weighted by molar-refractivity contribution is -0.709. The fourth-order valence-corrected chi connectivity index (χ4v) is 2.51. The summed E-state index contributed by atoms with van der Waals surface area (Å²) in [6.45, 7) is 3.68. The normalized spacial score (nSPS) is 13.1. The largest absolute Gasteiger partial charge is 0.330 e. The number of anilines is 1. The Balaban J connectivity index is 2.01. The molecule has 0 fully saturated rings. The molecule has 0 bridgehead atoms. The second kappa shape index (κ2) is 8.04. The molecule has 0 aromatic heterocycles. The average Bonchev–Trinajstić information content (AvgIpc) is 2.56. The highest BCUT2D eigenvalue weighted by atomic mass is 35.5. The monoisotopic (exact) mass is 366 g/mol. The molecule has 8 heteroatoms. The van der Waals surface area contributed by atoms with Crippen molar-refractivity contribution in [1.29, 1.82) is 0 Å². The lowest BCUT2D eigenvalue weighted by atomic mass is 10.1. The second-order valence-corrected chi connectivity index (χ2v) is 6.17. The highest BCUT2D eigenvalue weighted by Gasteiger charge is 2.22. The van der Waals surface area contributed by atoms with Crippen LogP contribution in [0.5, 0.6) is 0 Å². The number of nitrogens with two attached hydrogens (primary N) is 1. The molecule has 0 unspecified atom stereocenters. The van der Waals surface area contributed by atoms with Gasteiger partial charge >= 0.3 is 5.69 Å². The van der Waals surface area contributed by atoms with Gasteiger partial charge in [-0.2, -0.15) is 4.39 Å². The fraction of sp³-hybridized carbons (Fsp3) is 0.235. The highest BCUT2D eigenvalue weighted by molar-refractivity contribution is 6.30. The van der Waals surface area contributed by atoms with Crippen molar-refractivity contribution in [2.75, 3.05) is 5.32 Å². The van der Waals surface area contributed by atoms with Gasteiger partial charge in [0.25, 0.3) is 5.91 Å². The molecule has 2 aromatic carbocycles. The first-order valence-electron chi connectivity index (χ1n) is 7.63. The first-order chi connectivity index (χ1) is 11.8. The van der Waals surface area contributed by atoms with E-state index in [-0.39, 0.29) is 17.6 Å². The summed E-state index contributed by atoms with van der Waals surface area (Å²) in [5.41, 5.74) is 0.517. The molecule has 0 heterocycles. The molecule has 0 aliphatic rings. The predicted molar refractivity (Wildman–Crippen MR) is 92.9 cm³/mol. The van der Waals surface area contributed by atoms with E-state index in [4.69, 9.17) is 11.6 Å². The number of nitrogens with one attached hydrogen (secondary N) is 1. The van der Waals surface area contributed by atoms with Gasteiger partial charge in [-0.1, -0.05) is 23.7 Å². The molecular weight excluding hydrogens is 349 g/mol. The molecule has 0 spiro atoms. The Kier molecular flexibility index (Phi) is 6.06. The van der Waals surface area contributed by atoms with Crippen molar-refractivity contribution in [2.45, 2.75) is 25.9 Å². The molecule has 0 saturated heterocycles. The van der Waals surface area contributed by atoms with Crippen molar-refractivity contribution in [3.8, 4) is 0 Å². The predicted octanol–water partition coefficient (Wildman–Crippen LogP) is 3.04. The fourth-order valence-electron chi connectivity index (χ4n) is 2.38. The SMILES string of the molecule is C[C@H]([NH2+][C@@H](C)c1ccc(Cl)cc1)C(=O)Nc1ccc(F)c([N+](=O)[O-])c1. The van der Waals surface area contributed by atoms with E-state index in [0.29, 0.717) is 5.02 Å². The summed E-state index contributed by atoms with van der Waals surface area (Å²) in [4.78, 5) is 22.2. The van der Waals surface area contributed by atoms with Gasteiger partial charge in [0.1, 0.15) is 6.04 Å². The number of benzene rings is 2. The molecule has 2 atom stereocenters. The number of hydrogen-bond donors (Lipinski definition) is 2. The molecule has 2 rings (SSSR count). The summed E-state index contributed by atoms with van der Waals surface area (Å²) in [5.74, 6) is -1.28. The molecule has 0 radical (unpaired) electrons. The third-order valence-corrected chi connectivity index (χ3v) is 4.05. The number of nitro groups is 1.